The second kappa shape index (κ2) is 5.41. The average Bonchev–Trinajstić information content (AvgIpc) is 2.84. The van der Waals surface area contributed by atoms with Crippen molar-refractivity contribution in [3.05, 3.63) is 41.9 Å². The Kier molecular flexibility index (Phi) is 3.87. The van der Waals surface area contributed by atoms with E-state index >= 15 is 0 Å². The molecule has 2 rings (SSSR count). The van der Waals surface area contributed by atoms with E-state index in [0.29, 0.717) is 11.6 Å². The maximum atomic E-state index is 12.0. The summed E-state index contributed by atoms with van der Waals surface area (Å²) in [6, 6.07) is 7.21. The number of nitrogens with zero attached hydrogens (tertiary/aromatic N) is 1. The maximum absolute atomic E-state index is 12.0. The standard InChI is InChI=1S/C12H15N3O3S/c1-9-13-8-12(15-9)19(16,17)14-7-10-4-3-5-11(6-10)18-2/h3-6,8,14H,7H2,1-2H3,(H,13,15). The predicted octanol–water partition coefficient (Wildman–Crippen LogP) is 1.21. The fourth-order valence-electron chi connectivity index (χ4n) is 1.57. The average molecular weight is 281 g/mol. The molecule has 2 aromatic rings. The molecule has 0 amide bonds. The monoisotopic (exact) mass is 281 g/mol. The van der Waals surface area contributed by atoms with Gasteiger partial charge in [0, 0.05) is 6.54 Å². The van der Waals surface area contributed by atoms with Crippen LogP contribution in [0, 0.1) is 6.92 Å². The molecule has 7 heteroatoms. The molecular formula is C12H15N3O3S. The highest BCUT2D eigenvalue weighted by atomic mass is 32.2. The number of H-pyrrole nitrogens is 1. The molecular weight excluding hydrogens is 266 g/mol. The van der Waals surface area contributed by atoms with Crippen LogP contribution in [0.15, 0.2) is 35.5 Å². The number of aryl methyl sites for hydroxylation is 1. The summed E-state index contributed by atoms with van der Waals surface area (Å²) >= 11 is 0. The Morgan fingerprint density at radius 1 is 1.42 bits per heavy atom. The largest absolute Gasteiger partial charge is 0.497 e. The Hall–Kier alpha value is -1.86. The Morgan fingerprint density at radius 2 is 2.21 bits per heavy atom. The van der Waals surface area contributed by atoms with Gasteiger partial charge in [-0.2, -0.15) is 0 Å². The van der Waals surface area contributed by atoms with Crippen LogP contribution in [0.1, 0.15) is 11.4 Å². The van der Waals surface area contributed by atoms with E-state index in [1.807, 2.05) is 12.1 Å². The van der Waals surface area contributed by atoms with Gasteiger partial charge in [-0.1, -0.05) is 12.1 Å². The molecule has 19 heavy (non-hydrogen) atoms. The summed E-state index contributed by atoms with van der Waals surface area (Å²) in [6.07, 6.45) is 1.29. The van der Waals surface area contributed by atoms with E-state index in [1.165, 1.54) is 6.20 Å². The minimum atomic E-state index is -3.57. The third-order valence-corrected chi connectivity index (χ3v) is 3.88. The smallest absolute Gasteiger partial charge is 0.257 e. The molecule has 0 saturated carbocycles. The molecule has 0 fully saturated rings. The quantitative estimate of drug-likeness (QED) is 0.862. The molecule has 0 aliphatic carbocycles. The molecule has 0 saturated heterocycles. The number of benzene rings is 1. The molecule has 1 heterocycles. The Balaban J connectivity index is 2.09. The van der Waals surface area contributed by atoms with Gasteiger partial charge >= 0.3 is 0 Å². The van der Waals surface area contributed by atoms with E-state index in [9.17, 15) is 8.42 Å². The second-order valence-corrected chi connectivity index (χ2v) is 5.74. The molecule has 1 aromatic carbocycles. The minimum absolute atomic E-state index is 0.0629. The van der Waals surface area contributed by atoms with Crippen molar-refractivity contribution in [1.29, 1.82) is 0 Å². The molecule has 0 spiro atoms. The van der Waals surface area contributed by atoms with E-state index in [-0.39, 0.29) is 11.6 Å². The third kappa shape index (κ3) is 3.33. The SMILES string of the molecule is COc1cccc(CNS(=O)(=O)c2cnc(C)[nH]2)c1. The van der Waals surface area contributed by atoms with Crippen molar-refractivity contribution < 1.29 is 13.2 Å². The Labute approximate surface area is 111 Å². The number of hydrogen-bond acceptors (Lipinski definition) is 4. The number of rotatable bonds is 5. The van der Waals surface area contributed by atoms with Gasteiger partial charge in [-0.05, 0) is 24.6 Å². The molecule has 0 aliphatic heterocycles. The summed E-state index contributed by atoms with van der Waals surface area (Å²) < 4.78 is 31.5. The fourth-order valence-corrected chi connectivity index (χ4v) is 2.56. The summed E-state index contributed by atoms with van der Waals surface area (Å²) in [7, 11) is -2.00. The first-order valence-corrected chi connectivity index (χ1v) is 7.14. The van der Waals surface area contributed by atoms with Gasteiger partial charge in [-0.25, -0.2) is 18.1 Å². The Morgan fingerprint density at radius 3 is 2.84 bits per heavy atom. The lowest BCUT2D eigenvalue weighted by molar-refractivity contribution is 0.414. The predicted molar refractivity (Wildman–Crippen MR) is 70.3 cm³/mol. The number of aromatic nitrogens is 2. The number of sulfonamides is 1. The van der Waals surface area contributed by atoms with Crippen molar-refractivity contribution in [3.63, 3.8) is 0 Å². The lowest BCUT2D eigenvalue weighted by atomic mass is 10.2. The first-order chi connectivity index (χ1) is 9.01. The molecule has 0 radical (unpaired) electrons. The minimum Gasteiger partial charge on any atom is -0.497 e. The highest BCUT2D eigenvalue weighted by molar-refractivity contribution is 7.89. The summed E-state index contributed by atoms with van der Waals surface area (Å²) in [4.78, 5) is 6.56. The van der Waals surface area contributed by atoms with Crippen molar-refractivity contribution in [2.24, 2.45) is 0 Å². The Bertz CT molecular complexity index is 664. The second-order valence-electron chi connectivity index (χ2n) is 4.01. The first kappa shape index (κ1) is 13.6. The molecule has 0 aliphatic rings. The summed E-state index contributed by atoms with van der Waals surface area (Å²) in [6.45, 7) is 1.89. The number of ether oxygens (including phenoxy) is 1. The van der Waals surface area contributed by atoms with Gasteiger partial charge in [0.2, 0.25) is 0 Å². The zero-order chi connectivity index (χ0) is 13.9. The van der Waals surface area contributed by atoms with Crippen LogP contribution in [0.4, 0.5) is 0 Å². The highest BCUT2D eigenvalue weighted by Gasteiger charge is 2.15. The lowest BCUT2D eigenvalue weighted by Gasteiger charge is -2.06. The van der Waals surface area contributed by atoms with Gasteiger partial charge in [0.05, 0.1) is 13.3 Å². The number of hydrogen-bond donors (Lipinski definition) is 2. The molecule has 0 unspecified atom stereocenters. The summed E-state index contributed by atoms with van der Waals surface area (Å²) in [5, 5.41) is 0.0629. The number of methoxy groups -OCH3 is 1. The molecule has 1 aromatic heterocycles. The van der Waals surface area contributed by atoms with E-state index < -0.39 is 10.0 Å². The molecule has 2 N–H and O–H groups in total. The lowest BCUT2D eigenvalue weighted by Crippen LogP contribution is -2.23. The number of aromatic amines is 1. The molecule has 102 valence electrons. The highest BCUT2D eigenvalue weighted by Crippen LogP contribution is 2.13. The van der Waals surface area contributed by atoms with Gasteiger partial charge < -0.3 is 9.72 Å². The number of imidazole rings is 1. The number of nitrogens with one attached hydrogen (secondary N) is 2. The van der Waals surface area contributed by atoms with Crippen LogP contribution >= 0.6 is 0 Å². The van der Waals surface area contributed by atoms with Crippen molar-refractivity contribution in [2.45, 2.75) is 18.5 Å². The van der Waals surface area contributed by atoms with Crippen LogP contribution in [0.3, 0.4) is 0 Å². The topological polar surface area (TPSA) is 84.1 Å². The first-order valence-electron chi connectivity index (χ1n) is 5.65. The third-order valence-electron chi connectivity index (χ3n) is 2.57. The summed E-state index contributed by atoms with van der Waals surface area (Å²) in [5.41, 5.74) is 0.819. The molecule has 6 nitrogen and oxygen atoms in total. The fraction of sp³-hybridized carbons (Fsp3) is 0.250. The van der Waals surface area contributed by atoms with E-state index in [4.69, 9.17) is 4.74 Å². The molecule has 0 atom stereocenters. The van der Waals surface area contributed by atoms with Crippen LogP contribution in [0.2, 0.25) is 0 Å². The van der Waals surface area contributed by atoms with Crippen LogP contribution in [-0.4, -0.2) is 25.5 Å². The van der Waals surface area contributed by atoms with Gasteiger partial charge in [-0.15, -0.1) is 0 Å². The van der Waals surface area contributed by atoms with Gasteiger partial charge in [-0.3, -0.25) is 0 Å². The van der Waals surface area contributed by atoms with Crippen LogP contribution in [-0.2, 0) is 16.6 Å². The van der Waals surface area contributed by atoms with Crippen LogP contribution < -0.4 is 9.46 Å². The van der Waals surface area contributed by atoms with Gasteiger partial charge in [0.15, 0.2) is 5.03 Å². The van der Waals surface area contributed by atoms with Crippen molar-refractivity contribution >= 4 is 10.0 Å². The maximum Gasteiger partial charge on any atom is 0.257 e. The van der Waals surface area contributed by atoms with Crippen molar-refractivity contribution in [3.8, 4) is 5.75 Å². The normalized spacial score (nSPS) is 11.5. The van der Waals surface area contributed by atoms with E-state index in [2.05, 4.69) is 14.7 Å². The van der Waals surface area contributed by atoms with Crippen LogP contribution in [0.5, 0.6) is 5.75 Å². The van der Waals surface area contributed by atoms with Gasteiger partial charge in [0.25, 0.3) is 10.0 Å². The van der Waals surface area contributed by atoms with Gasteiger partial charge in [0.1, 0.15) is 11.6 Å². The van der Waals surface area contributed by atoms with Crippen molar-refractivity contribution in [2.75, 3.05) is 7.11 Å². The summed E-state index contributed by atoms with van der Waals surface area (Å²) in [5.74, 6) is 1.25. The van der Waals surface area contributed by atoms with Crippen LogP contribution in [0.25, 0.3) is 0 Å². The van der Waals surface area contributed by atoms with E-state index in [0.717, 1.165) is 5.56 Å². The van der Waals surface area contributed by atoms with Crippen molar-refractivity contribution in [1.82, 2.24) is 14.7 Å². The van der Waals surface area contributed by atoms with E-state index in [1.54, 1.807) is 26.2 Å². The zero-order valence-electron chi connectivity index (χ0n) is 10.7. The zero-order valence-corrected chi connectivity index (χ0v) is 11.5. The molecule has 0 bridgehead atoms.